The maximum absolute atomic E-state index is 3.81. The van der Waals surface area contributed by atoms with Crippen LogP contribution in [0.5, 0.6) is 0 Å². The molecule has 0 unspecified atom stereocenters. The fourth-order valence-corrected chi connectivity index (χ4v) is 3.66. The van der Waals surface area contributed by atoms with Crippen molar-refractivity contribution in [2.75, 3.05) is 5.32 Å². The Morgan fingerprint density at radius 2 is 1.52 bits per heavy atom. The van der Waals surface area contributed by atoms with Gasteiger partial charge in [-0.3, -0.25) is 0 Å². The van der Waals surface area contributed by atoms with Crippen LogP contribution in [0.15, 0.2) is 16.6 Å². The van der Waals surface area contributed by atoms with E-state index in [1.54, 1.807) is 0 Å². The molecule has 1 aromatic rings. The Hall–Kier alpha value is -0.500. The third-order valence-corrected chi connectivity index (χ3v) is 4.72. The molecule has 0 aliphatic heterocycles. The van der Waals surface area contributed by atoms with Gasteiger partial charge in [0.2, 0.25) is 0 Å². The number of rotatable bonds is 10. The normalized spacial score (nSPS) is 11.1. The van der Waals surface area contributed by atoms with Crippen LogP contribution in [0.2, 0.25) is 0 Å². The number of halogens is 1. The highest BCUT2D eigenvalue weighted by atomic mass is 79.9. The lowest BCUT2D eigenvalue weighted by molar-refractivity contribution is 0.526. The van der Waals surface area contributed by atoms with Gasteiger partial charge in [0.25, 0.3) is 0 Å². The SMILES string of the molecule is CCCCCC(CCCCC)Nc1c(C)cc(C)cc1Br. The van der Waals surface area contributed by atoms with Crippen molar-refractivity contribution in [2.45, 2.75) is 85.1 Å². The lowest BCUT2D eigenvalue weighted by Gasteiger charge is -2.22. The van der Waals surface area contributed by atoms with E-state index in [1.807, 2.05) is 0 Å². The summed E-state index contributed by atoms with van der Waals surface area (Å²) >= 11 is 3.73. The smallest absolute Gasteiger partial charge is 0.0516 e. The molecule has 0 spiro atoms. The van der Waals surface area contributed by atoms with Crippen LogP contribution >= 0.6 is 15.9 Å². The van der Waals surface area contributed by atoms with Crippen LogP contribution in [0.3, 0.4) is 0 Å². The summed E-state index contributed by atoms with van der Waals surface area (Å²) in [6.07, 6.45) is 10.5. The zero-order valence-corrected chi connectivity index (χ0v) is 15.9. The maximum atomic E-state index is 3.81. The molecule has 0 atom stereocenters. The third-order valence-electron chi connectivity index (χ3n) is 4.09. The molecule has 0 amide bonds. The second-order valence-electron chi connectivity index (χ2n) is 6.27. The molecule has 0 radical (unpaired) electrons. The van der Waals surface area contributed by atoms with Gasteiger partial charge in [-0.05, 0) is 59.8 Å². The zero-order chi connectivity index (χ0) is 15.7. The average Bonchev–Trinajstić information content (AvgIpc) is 2.42. The standard InChI is InChI=1S/C19H32BrN/c1-5-7-9-11-17(12-10-8-6-2)21-19-16(4)13-15(3)14-18(19)20/h13-14,17,21H,5-12H2,1-4H3. The number of hydrogen-bond donors (Lipinski definition) is 1. The first kappa shape index (κ1) is 18.5. The molecule has 0 aromatic heterocycles. The second-order valence-corrected chi connectivity index (χ2v) is 7.13. The minimum atomic E-state index is 0.612. The van der Waals surface area contributed by atoms with E-state index in [-0.39, 0.29) is 0 Å². The van der Waals surface area contributed by atoms with Gasteiger partial charge in [0.1, 0.15) is 0 Å². The van der Waals surface area contributed by atoms with E-state index >= 15 is 0 Å². The highest BCUT2D eigenvalue weighted by Crippen LogP contribution is 2.29. The van der Waals surface area contributed by atoms with Gasteiger partial charge in [-0.25, -0.2) is 0 Å². The van der Waals surface area contributed by atoms with Crippen LogP contribution in [0.1, 0.15) is 76.3 Å². The van der Waals surface area contributed by atoms with Crippen molar-refractivity contribution in [1.82, 2.24) is 0 Å². The first-order valence-electron chi connectivity index (χ1n) is 8.61. The topological polar surface area (TPSA) is 12.0 Å². The fraction of sp³-hybridized carbons (Fsp3) is 0.684. The van der Waals surface area contributed by atoms with Gasteiger partial charge >= 0.3 is 0 Å². The van der Waals surface area contributed by atoms with E-state index in [0.29, 0.717) is 6.04 Å². The predicted molar refractivity (Wildman–Crippen MR) is 99.3 cm³/mol. The van der Waals surface area contributed by atoms with Gasteiger partial charge in [0.05, 0.1) is 5.69 Å². The lowest BCUT2D eigenvalue weighted by atomic mass is 10.0. The van der Waals surface area contributed by atoms with Crippen LogP contribution in [0, 0.1) is 13.8 Å². The van der Waals surface area contributed by atoms with Crippen LogP contribution in [0.25, 0.3) is 0 Å². The molecule has 21 heavy (non-hydrogen) atoms. The minimum absolute atomic E-state index is 0.612. The van der Waals surface area contributed by atoms with Crippen molar-refractivity contribution in [3.05, 3.63) is 27.7 Å². The second kappa shape index (κ2) is 10.3. The Bertz CT molecular complexity index is 381. The van der Waals surface area contributed by atoms with Crippen molar-refractivity contribution in [2.24, 2.45) is 0 Å². The Balaban J connectivity index is 2.69. The molecule has 0 aliphatic rings. The average molecular weight is 354 g/mol. The number of unbranched alkanes of at least 4 members (excludes halogenated alkanes) is 4. The van der Waals surface area contributed by atoms with Crippen LogP contribution in [-0.4, -0.2) is 6.04 Å². The Kier molecular flexibility index (Phi) is 9.07. The van der Waals surface area contributed by atoms with Crippen LogP contribution < -0.4 is 5.32 Å². The summed E-state index contributed by atoms with van der Waals surface area (Å²) in [5, 5.41) is 3.81. The van der Waals surface area contributed by atoms with Crippen molar-refractivity contribution >= 4 is 21.6 Å². The summed E-state index contributed by atoms with van der Waals surface area (Å²) in [7, 11) is 0. The van der Waals surface area contributed by atoms with Crippen molar-refractivity contribution in [3.8, 4) is 0 Å². The van der Waals surface area contributed by atoms with E-state index in [1.165, 1.54) is 72.7 Å². The van der Waals surface area contributed by atoms with E-state index in [2.05, 4.69) is 61.1 Å². The number of benzene rings is 1. The maximum Gasteiger partial charge on any atom is 0.0516 e. The van der Waals surface area contributed by atoms with Gasteiger partial charge < -0.3 is 5.32 Å². The van der Waals surface area contributed by atoms with E-state index in [4.69, 9.17) is 0 Å². The highest BCUT2D eigenvalue weighted by molar-refractivity contribution is 9.10. The molecule has 120 valence electrons. The quantitative estimate of drug-likeness (QED) is 0.446. The van der Waals surface area contributed by atoms with Crippen LogP contribution in [-0.2, 0) is 0 Å². The molecule has 0 heterocycles. The lowest BCUT2D eigenvalue weighted by Crippen LogP contribution is -2.20. The highest BCUT2D eigenvalue weighted by Gasteiger charge is 2.12. The minimum Gasteiger partial charge on any atom is -0.381 e. The van der Waals surface area contributed by atoms with E-state index < -0.39 is 0 Å². The Morgan fingerprint density at radius 1 is 0.952 bits per heavy atom. The van der Waals surface area contributed by atoms with Gasteiger partial charge in [-0.1, -0.05) is 58.4 Å². The summed E-state index contributed by atoms with van der Waals surface area (Å²) in [5.74, 6) is 0. The molecule has 1 aromatic carbocycles. The van der Waals surface area contributed by atoms with E-state index in [0.717, 1.165) is 0 Å². The third kappa shape index (κ3) is 6.86. The number of nitrogens with one attached hydrogen (secondary N) is 1. The van der Waals surface area contributed by atoms with Crippen LogP contribution in [0.4, 0.5) is 5.69 Å². The number of anilines is 1. The summed E-state index contributed by atoms with van der Waals surface area (Å²) in [6, 6.07) is 5.09. The van der Waals surface area contributed by atoms with Crippen molar-refractivity contribution < 1.29 is 0 Å². The van der Waals surface area contributed by atoms with Gasteiger partial charge in [-0.2, -0.15) is 0 Å². The zero-order valence-electron chi connectivity index (χ0n) is 14.3. The van der Waals surface area contributed by atoms with Gasteiger partial charge in [-0.15, -0.1) is 0 Å². The van der Waals surface area contributed by atoms with Gasteiger partial charge in [0.15, 0.2) is 0 Å². The molecular weight excluding hydrogens is 322 g/mol. The van der Waals surface area contributed by atoms with Crippen molar-refractivity contribution in [3.63, 3.8) is 0 Å². The molecule has 1 rings (SSSR count). The first-order valence-corrected chi connectivity index (χ1v) is 9.41. The monoisotopic (exact) mass is 353 g/mol. The first-order chi connectivity index (χ1) is 10.1. The van der Waals surface area contributed by atoms with E-state index in [9.17, 15) is 0 Å². The summed E-state index contributed by atoms with van der Waals surface area (Å²) < 4.78 is 1.20. The molecule has 0 saturated heterocycles. The molecule has 2 heteroatoms. The summed E-state index contributed by atoms with van der Waals surface area (Å²) in [4.78, 5) is 0. The predicted octanol–water partition coefficient (Wildman–Crippen LogP) is 7.01. The molecule has 1 N–H and O–H groups in total. The van der Waals surface area contributed by atoms with Gasteiger partial charge in [0, 0.05) is 10.5 Å². The molecule has 0 aliphatic carbocycles. The number of hydrogen-bond acceptors (Lipinski definition) is 1. The fourth-order valence-electron chi connectivity index (χ4n) is 2.87. The summed E-state index contributed by atoms with van der Waals surface area (Å²) in [6.45, 7) is 8.91. The molecule has 0 saturated carbocycles. The number of aryl methyl sites for hydroxylation is 2. The molecule has 1 nitrogen and oxygen atoms in total. The molecular formula is C19H32BrN. The Morgan fingerprint density at radius 3 is 2.00 bits per heavy atom. The summed E-state index contributed by atoms with van der Waals surface area (Å²) in [5.41, 5.74) is 3.95. The molecule has 0 fully saturated rings. The molecule has 0 bridgehead atoms. The largest absolute Gasteiger partial charge is 0.381 e. The van der Waals surface area contributed by atoms with Crippen molar-refractivity contribution in [1.29, 1.82) is 0 Å². The Labute approximate surface area is 140 Å².